The van der Waals surface area contributed by atoms with Crippen LogP contribution in [-0.4, -0.2) is 17.4 Å². The number of carbonyl (C=O) groups is 1. The van der Waals surface area contributed by atoms with Gasteiger partial charge in [0.15, 0.2) is 5.76 Å². The van der Waals surface area contributed by atoms with Crippen LogP contribution in [0.2, 0.25) is 5.02 Å². The fraction of sp³-hybridized carbons (Fsp3) is 0.286. The fourth-order valence-electron chi connectivity index (χ4n) is 3.46. The van der Waals surface area contributed by atoms with Gasteiger partial charge in [0.25, 0.3) is 0 Å². The number of carbonyl (C=O) groups excluding carboxylic acids is 1. The molecule has 4 nitrogen and oxygen atoms in total. The van der Waals surface area contributed by atoms with Crippen molar-refractivity contribution < 1.29 is 14.3 Å². The van der Waals surface area contributed by atoms with Gasteiger partial charge in [0.05, 0.1) is 5.56 Å². The third kappa shape index (κ3) is 2.89. The monoisotopic (exact) mass is 369 g/mol. The summed E-state index contributed by atoms with van der Waals surface area (Å²) in [6.07, 6.45) is 0. The Labute approximate surface area is 158 Å². The topological polar surface area (TPSA) is 38.8 Å². The molecule has 0 radical (unpaired) electrons. The Balaban J connectivity index is 1.63. The van der Waals surface area contributed by atoms with Crippen LogP contribution >= 0.6 is 11.6 Å². The van der Waals surface area contributed by atoms with E-state index in [1.54, 1.807) is 0 Å². The molecule has 2 aromatic carbocycles. The van der Waals surface area contributed by atoms with Crippen molar-refractivity contribution in [1.82, 2.24) is 4.90 Å². The van der Waals surface area contributed by atoms with E-state index >= 15 is 0 Å². The number of nitrogens with zero attached hydrogens (tertiary/aromatic N) is 1. The Morgan fingerprint density at radius 3 is 2.62 bits per heavy atom. The molecular formula is C21H20ClNO3. The van der Waals surface area contributed by atoms with Crippen molar-refractivity contribution in [3.8, 4) is 11.5 Å². The van der Waals surface area contributed by atoms with Crippen LogP contribution < -0.4 is 9.47 Å². The van der Waals surface area contributed by atoms with Crippen molar-refractivity contribution >= 4 is 17.4 Å². The first-order valence-electron chi connectivity index (χ1n) is 8.60. The van der Waals surface area contributed by atoms with Gasteiger partial charge in [-0.2, -0.15) is 0 Å². The molecule has 0 unspecified atom stereocenters. The van der Waals surface area contributed by atoms with Crippen LogP contribution in [0.25, 0.3) is 0 Å². The molecule has 134 valence electrons. The number of hydrogen-bond acceptors (Lipinski definition) is 4. The molecule has 4 rings (SSSR count). The smallest absolute Gasteiger partial charge is 0.231 e. The van der Waals surface area contributed by atoms with Crippen LogP contribution in [0.1, 0.15) is 40.9 Å². The Bertz CT molecular complexity index is 927. The quantitative estimate of drug-likeness (QED) is 0.708. The van der Waals surface area contributed by atoms with Crippen molar-refractivity contribution in [2.24, 2.45) is 0 Å². The Morgan fingerprint density at radius 2 is 1.92 bits per heavy atom. The molecule has 26 heavy (non-hydrogen) atoms. The summed E-state index contributed by atoms with van der Waals surface area (Å²) in [5.41, 5.74) is 4.61. The Kier molecular flexibility index (Phi) is 4.25. The molecule has 0 N–H and O–H groups in total. The number of ketones is 1. The molecule has 0 saturated heterocycles. The second-order valence-electron chi connectivity index (χ2n) is 7.01. The minimum atomic E-state index is -0.0410. The zero-order valence-electron chi connectivity index (χ0n) is 15.1. The molecule has 0 fully saturated rings. The van der Waals surface area contributed by atoms with E-state index in [2.05, 4.69) is 4.90 Å². The summed E-state index contributed by atoms with van der Waals surface area (Å²) in [4.78, 5) is 14.8. The largest absolute Gasteiger partial charge is 0.477 e. The maximum atomic E-state index is 12.6. The molecule has 2 aromatic rings. The first-order chi connectivity index (χ1) is 12.4. The van der Waals surface area contributed by atoms with Crippen molar-refractivity contribution in [2.75, 3.05) is 6.73 Å². The highest BCUT2D eigenvalue weighted by Gasteiger charge is 2.34. The lowest BCUT2D eigenvalue weighted by atomic mass is 9.99. The van der Waals surface area contributed by atoms with Crippen LogP contribution in [0, 0.1) is 6.92 Å². The summed E-state index contributed by atoms with van der Waals surface area (Å²) < 4.78 is 11.8. The van der Waals surface area contributed by atoms with Crippen molar-refractivity contribution in [3.05, 3.63) is 68.9 Å². The van der Waals surface area contributed by atoms with Gasteiger partial charge in [-0.1, -0.05) is 23.7 Å². The van der Waals surface area contributed by atoms with Gasteiger partial charge in [-0.25, -0.2) is 0 Å². The SMILES string of the molecule is CC(C)=C1Oc2c(cc3c(c2C)OCN(Cc2ccc(Cl)cc2)C3)C1=O. The number of Topliss-reactive ketones (excluding diaryl/α,β-unsaturated/α-hetero) is 1. The normalized spacial score (nSPS) is 16.0. The lowest BCUT2D eigenvalue weighted by Gasteiger charge is -2.30. The Hall–Kier alpha value is -2.30. The van der Waals surface area contributed by atoms with Gasteiger partial charge in [0, 0.05) is 29.2 Å². The molecule has 0 saturated carbocycles. The molecule has 0 atom stereocenters. The summed E-state index contributed by atoms with van der Waals surface area (Å²) >= 11 is 5.95. The van der Waals surface area contributed by atoms with Crippen molar-refractivity contribution in [2.45, 2.75) is 33.9 Å². The number of rotatable bonds is 2. The number of allylic oxidation sites excluding steroid dienone is 2. The minimum Gasteiger partial charge on any atom is -0.477 e. The van der Waals surface area contributed by atoms with E-state index in [1.165, 1.54) is 5.56 Å². The average Bonchev–Trinajstić information content (AvgIpc) is 2.94. The zero-order chi connectivity index (χ0) is 18.4. The average molecular weight is 370 g/mol. The summed E-state index contributed by atoms with van der Waals surface area (Å²) in [6.45, 7) is 7.71. The van der Waals surface area contributed by atoms with Gasteiger partial charge in [-0.15, -0.1) is 0 Å². The number of fused-ring (bicyclic) bond motifs is 2. The number of ether oxygens (including phenoxy) is 2. The van der Waals surface area contributed by atoms with Gasteiger partial charge in [-0.3, -0.25) is 9.69 Å². The number of hydrogen-bond donors (Lipinski definition) is 0. The highest BCUT2D eigenvalue weighted by molar-refractivity contribution is 6.30. The maximum absolute atomic E-state index is 12.6. The second-order valence-corrected chi connectivity index (χ2v) is 7.45. The Morgan fingerprint density at radius 1 is 1.19 bits per heavy atom. The molecule has 2 aliphatic heterocycles. The predicted octanol–water partition coefficient (Wildman–Crippen LogP) is 4.87. The third-order valence-electron chi connectivity index (χ3n) is 4.75. The minimum absolute atomic E-state index is 0.0410. The van der Waals surface area contributed by atoms with Gasteiger partial charge >= 0.3 is 0 Å². The summed E-state index contributed by atoms with van der Waals surface area (Å²) in [5.74, 6) is 1.86. The third-order valence-corrected chi connectivity index (χ3v) is 5.00. The van der Waals surface area contributed by atoms with E-state index in [9.17, 15) is 4.79 Å². The first-order valence-corrected chi connectivity index (χ1v) is 8.98. The van der Waals surface area contributed by atoms with Gasteiger partial charge in [0.1, 0.15) is 18.2 Å². The lowest BCUT2D eigenvalue weighted by Crippen LogP contribution is -2.32. The summed E-state index contributed by atoms with van der Waals surface area (Å²) in [7, 11) is 0. The number of benzene rings is 2. The molecule has 0 spiro atoms. The summed E-state index contributed by atoms with van der Waals surface area (Å²) in [6, 6.07) is 9.74. The van der Waals surface area contributed by atoms with E-state index in [0.717, 1.165) is 40.6 Å². The van der Waals surface area contributed by atoms with E-state index in [1.807, 2.05) is 51.1 Å². The van der Waals surface area contributed by atoms with Crippen molar-refractivity contribution in [3.63, 3.8) is 0 Å². The first kappa shape index (κ1) is 17.1. The molecule has 0 bridgehead atoms. The van der Waals surface area contributed by atoms with E-state index in [4.69, 9.17) is 21.1 Å². The van der Waals surface area contributed by atoms with E-state index < -0.39 is 0 Å². The second kappa shape index (κ2) is 6.45. The van der Waals surface area contributed by atoms with Crippen LogP contribution in [-0.2, 0) is 13.1 Å². The number of halogens is 1. The standard InChI is InChI=1S/C21H20ClNO3/c1-12(2)19-18(24)17-8-15-10-23(9-14-4-6-16(22)7-5-14)11-25-20(15)13(3)21(17)26-19/h4-8H,9-11H2,1-3H3. The van der Waals surface area contributed by atoms with Crippen LogP contribution in [0.15, 0.2) is 41.7 Å². The molecular weight excluding hydrogens is 350 g/mol. The molecule has 0 aliphatic carbocycles. The molecule has 2 aliphatic rings. The van der Waals surface area contributed by atoms with Crippen LogP contribution in [0.4, 0.5) is 0 Å². The van der Waals surface area contributed by atoms with Crippen LogP contribution in [0.3, 0.4) is 0 Å². The maximum Gasteiger partial charge on any atom is 0.231 e. The molecule has 0 aromatic heterocycles. The molecule has 0 amide bonds. The molecule has 2 heterocycles. The zero-order valence-corrected chi connectivity index (χ0v) is 15.8. The molecule has 5 heteroatoms. The van der Waals surface area contributed by atoms with Crippen LogP contribution in [0.5, 0.6) is 11.5 Å². The van der Waals surface area contributed by atoms with E-state index in [-0.39, 0.29) is 5.78 Å². The highest BCUT2D eigenvalue weighted by Crippen LogP contribution is 2.43. The predicted molar refractivity (Wildman–Crippen MR) is 101 cm³/mol. The van der Waals surface area contributed by atoms with Gasteiger partial charge < -0.3 is 9.47 Å². The highest BCUT2D eigenvalue weighted by atomic mass is 35.5. The van der Waals surface area contributed by atoms with Gasteiger partial charge in [0.2, 0.25) is 5.78 Å². The van der Waals surface area contributed by atoms with Crippen molar-refractivity contribution in [1.29, 1.82) is 0 Å². The fourth-order valence-corrected chi connectivity index (χ4v) is 3.59. The van der Waals surface area contributed by atoms with E-state index in [0.29, 0.717) is 23.8 Å². The summed E-state index contributed by atoms with van der Waals surface area (Å²) in [5, 5.41) is 0.730. The lowest BCUT2D eigenvalue weighted by molar-refractivity contribution is 0.0876. The van der Waals surface area contributed by atoms with Gasteiger partial charge in [-0.05, 0) is 50.1 Å².